The summed E-state index contributed by atoms with van der Waals surface area (Å²) in [4.78, 5) is 18.0. The first-order valence-corrected chi connectivity index (χ1v) is 12.3. The van der Waals surface area contributed by atoms with E-state index >= 15 is 0 Å². The molecule has 1 unspecified atom stereocenters. The Kier molecular flexibility index (Phi) is 7.68. The molecule has 33 heavy (non-hydrogen) atoms. The lowest BCUT2D eigenvalue weighted by atomic mass is 9.90. The van der Waals surface area contributed by atoms with Gasteiger partial charge >= 0.3 is 0 Å². The molecule has 0 amide bonds. The maximum absolute atomic E-state index is 12.6. The Morgan fingerprint density at radius 3 is 2.64 bits per heavy atom. The quantitative estimate of drug-likeness (QED) is 0.535. The molecule has 0 spiro atoms. The van der Waals surface area contributed by atoms with E-state index in [1.807, 2.05) is 25.1 Å². The number of nitrogens with one attached hydrogen (secondary N) is 2. The number of rotatable bonds is 3. The molecule has 1 aromatic heterocycles. The van der Waals surface area contributed by atoms with E-state index in [4.69, 9.17) is 0 Å². The van der Waals surface area contributed by atoms with Crippen LogP contribution in [0.25, 0.3) is 0 Å². The number of hydrogen-bond donors (Lipinski definition) is 4. The lowest BCUT2D eigenvalue weighted by Gasteiger charge is -2.38. The lowest BCUT2D eigenvalue weighted by molar-refractivity contribution is 0.121. The van der Waals surface area contributed by atoms with Gasteiger partial charge in [-0.05, 0) is 82.1 Å². The number of aromatic amines is 1. The summed E-state index contributed by atoms with van der Waals surface area (Å²) in [5.74, 6) is 0. The van der Waals surface area contributed by atoms with Gasteiger partial charge in [-0.25, -0.2) is 0 Å². The van der Waals surface area contributed by atoms with Crippen molar-refractivity contribution in [2.75, 3.05) is 11.4 Å². The number of fused-ring (bicyclic) bond motifs is 2. The summed E-state index contributed by atoms with van der Waals surface area (Å²) in [6.07, 6.45) is 9.39. The molecule has 2 aromatic rings. The fourth-order valence-corrected chi connectivity index (χ4v) is 5.40. The third kappa shape index (κ3) is 5.40. The highest BCUT2D eigenvalue weighted by molar-refractivity contribution is 5.59. The van der Waals surface area contributed by atoms with Crippen molar-refractivity contribution in [3.63, 3.8) is 0 Å². The first kappa shape index (κ1) is 23.7. The summed E-state index contributed by atoms with van der Waals surface area (Å²) in [6.45, 7) is 5.28. The van der Waals surface area contributed by atoms with Gasteiger partial charge < -0.3 is 20.1 Å². The highest BCUT2D eigenvalue weighted by Gasteiger charge is 2.27. The third-order valence-electron chi connectivity index (χ3n) is 7.14. The average molecular weight is 452 g/mol. The van der Waals surface area contributed by atoms with Crippen molar-refractivity contribution >= 4 is 5.69 Å². The number of aryl methyl sites for hydroxylation is 2. The molecule has 0 bridgehead atoms. The summed E-state index contributed by atoms with van der Waals surface area (Å²) in [5, 5.41) is 24.3. The number of nitrogens with zero attached hydrogens (tertiary/aromatic N) is 1. The maximum atomic E-state index is 12.6. The zero-order chi connectivity index (χ0) is 23.4. The number of aliphatic hydroxyl groups is 2. The van der Waals surface area contributed by atoms with Crippen molar-refractivity contribution in [3.05, 3.63) is 74.7 Å². The summed E-state index contributed by atoms with van der Waals surface area (Å²) in [7, 11) is 0. The first-order valence-electron chi connectivity index (χ1n) is 12.3. The minimum Gasteiger partial charge on any atom is -0.393 e. The molecule has 2 aliphatic rings. The highest BCUT2D eigenvalue weighted by Crippen LogP contribution is 2.33. The van der Waals surface area contributed by atoms with Crippen LogP contribution in [0.15, 0.2) is 41.2 Å². The number of hydrogen-bond acceptors (Lipinski definition) is 5. The molecular formula is C27H37N3O3. The van der Waals surface area contributed by atoms with E-state index in [0.717, 1.165) is 79.6 Å². The van der Waals surface area contributed by atoms with Crippen molar-refractivity contribution < 1.29 is 10.2 Å². The lowest BCUT2D eigenvalue weighted by Crippen LogP contribution is -2.40. The molecule has 2 heterocycles. The van der Waals surface area contributed by atoms with Gasteiger partial charge in [0, 0.05) is 41.6 Å². The zero-order valence-corrected chi connectivity index (χ0v) is 19.8. The van der Waals surface area contributed by atoms with Crippen LogP contribution >= 0.6 is 0 Å². The summed E-state index contributed by atoms with van der Waals surface area (Å²) >= 11 is 0. The molecule has 1 fully saturated rings. The van der Waals surface area contributed by atoms with E-state index in [2.05, 4.69) is 40.3 Å². The molecule has 6 nitrogen and oxygen atoms in total. The van der Waals surface area contributed by atoms with Gasteiger partial charge in [0.05, 0.1) is 6.10 Å². The van der Waals surface area contributed by atoms with Crippen LogP contribution in [-0.4, -0.2) is 33.9 Å². The molecule has 0 saturated heterocycles. The van der Waals surface area contributed by atoms with Crippen LogP contribution in [0.5, 0.6) is 0 Å². The van der Waals surface area contributed by atoms with E-state index in [-0.39, 0.29) is 11.7 Å². The Hall–Kier alpha value is -2.41. The van der Waals surface area contributed by atoms with Crippen molar-refractivity contribution in [3.8, 4) is 0 Å². The molecule has 6 heteroatoms. The molecule has 4 rings (SSSR count). The molecule has 178 valence electrons. The number of aromatic nitrogens is 1. The van der Waals surface area contributed by atoms with Gasteiger partial charge in [-0.15, -0.1) is 0 Å². The highest BCUT2D eigenvalue weighted by atomic mass is 16.3. The predicted octanol–water partition coefficient (Wildman–Crippen LogP) is 3.64. The maximum Gasteiger partial charge on any atom is 0.252 e. The van der Waals surface area contributed by atoms with Crippen molar-refractivity contribution in [2.24, 2.45) is 0 Å². The van der Waals surface area contributed by atoms with E-state index in [9.17, 15) is 15.0 Å². The van der Waals surface area contributed by atoms with Gasteiger partial charge in [-0.3, -0.25) is 10.1 Å². The first-order chi connectivity index (χ1) is 16.0. The monoisotopic (exact) mass is 451 g/mol. The van der Waals surface area contributed by atoms with Crippen molar-refractivity contribution in [1.82, 2.24) is 10.3 Å². The van der Waals surface area contributed by atoms with E-state index < -0.39 is 6.23 Å². The van der Waals surface area contributed by atoms with Crippen molar-refractivity contribution in [1.29, 1.82) is 0 Å². The molecule has 0 radical (unpaired) electrons. The minimum absolute atomic E-state index is 0.0867. The summed E-state index contributed by atoms with van der Waals surface area (Å²) in [5.41, 5.74) is 5.65. The van der Waals surface area contributed by atoms with Gasteiger partial charge in [0.1, 0.15) is 6.23 Å². The number of allylic oxidation sites excluding steroid dienone is 2. The Bertz CT molecular complexity index is 1040. The Morgan fingerprint density at radius 2 is 1.88 bits per heavy atom. The summed E-state index contributed by atoms with van der Waals surface area (Å²) in [6, 6.07) is 8.58. The van der Waals surface area contributed by atoms with E-state index in [1.54, 1.807) is 0 Å². The Morgan fingerprint density at radius 1 is 1.09 bits per heavy atom. The van der Waals surface area contributed by atoms with E-state index in [1.165, 1.54) is 0 Å². The van der Waals surface area contributed by atoms with Gasteiger partial charge in [-0.1, -0.05) is 24.3 Å². The Balaban J connectivity index is 1.68. The number of benzene rings is 1. The molecule has 1 aliphatic carbocycles. The van der Waals surface area contributed by atoms with Gasteiger partial charge in [0.2, 0.25) is 0 Å². The third-order valence-corrected chi connectivity index (χ3v) is 7.14. The Labute approximate surface area is 196 Å². The number of pyridine rings is 1. The van der Waals surface area contributed by atoms with Crippen LogP contribution < -0.4 is 15.8 Å². The van der Waals surface area contributed by atoms with Crippen LogP contribution in [0.3, 0.4) is 0 Å². The standard InChI is InChI=1S/C27H37N3O3/c1-3-30(20-12-14-21(31)15-13-20)25-11-7-10-23-22(25)9-6-4-5-8-19-16-18(2)29-27(33)24(19)17-28-26(23)32/h4,6-7,10-11,16,20-21,26,28,31-32H,3,5,8-9,12-15,17H2,1-2H3,(H,29,33). The second-order valence-electron chi connectivity index (χ2n) is 9.38. The molecular weight excluding hydrogens is 414 g/mol. The average Bonchev–Trinajstić information content (AvgIpc) is 2.79. The SMILES string of the molecule is CCN(c1cccc2c1CC=CCCc1cc(C)[nH]c(=O)c1CNC2O)C1CCC(O)CC1. The minimum atomic E-state index is -0.867. The second-order valence-corrected chi connectivity index (χ2v) is 9.38. The molecule has 1 aliphatic heterocycles. The number of anilines is 1. The van der Waals surface area contributed by atoms with Crippen LogP contribution in [-0.2, 0) is 19.4 Å². The van der Waals surface area contributed by atoms with Crippen LogP contribution in [0.2, 0.25) is 0 Å². The molecule has 1 saturated carbocycles. The van der Waals surface area contributed by atoms with Gasteiger partial charge in [-0.2, -0.15) is 0 Å². The predicted molar refractivity (Wildman–Crippen MR) is 132 cm³/mol. The second kappa shape index (κ2) is 10.7. The normalized spacial score (nSPS) is 23.7. The molecule has 1 aromatic carbocycles. The summed E-state index contributed by atoms with van der Waals surface area (Å²) < 4.78 is 0. The smallest absolute Gasteiger partial charge is 0.252 e. The molecule has 1 atom stereocenters. The fourth-order valence-electron chi connectivity index (χ4n) is 5.40. The number of aliphatic hydroxyl groups excluding tert-OH is 2. The zero-order valence-electron chi connectivity index (χ0n) is 19.8. The topological polar surface area (TPSA) is 88.6 Å². The van der Waals surface area contributed by atoms with Gasteiger partial charge in [0.25, 0.3) is 5.56 Å². The number of H-pyrrole nitrogens is 1. The molecule has 4 N–H and O–H groups in total. The van der Waals surface area contributed by atoms with Crippen LogP contribution in [0.1, 0.15) is 73.2 Å². The van der Waals surface area contributed by atoms with Crippen molar-refractivity contribution in [2.45, 2.75) is 83.7 Å². The van der Waals surface area contributed by atoms with Crippen LogP contribution in [0, 0.1) is 6.92 Å². The van der Waals surface area contributed by atoms with E-state index in [0.29, 0.717) is 18.2 Å². The fraction of sp³-hybridized carbons (Fsp3) is 0.519. The van der Waals surface area contributed by atoms with Crippen LogP contribution in [0.4, 0.5) is 5.69 Å². The van der Waals surface area contributed by atoms with Gasteiger partial charge in [0.15, 0.2) is 0 Å². The largest absolute Gasteiger partial charge is 0.393 e.